The Morgan fingerprint density at radius 2 is 1.96 bits per heavy atom. The summed E-state index contributed by atoms with van der Waals surface area (Å²) in [6.07, 6.45) is 4.27. The minimum absolute atomic E-state index is 0.0277. The molecular formula is C20H25ClN4O3. The summed E-state index contributed by atoms with van der Waals surface area (Å²) in [6, 6.07) is 8.89. The molecule has 0 radical (unpaired) electrons. The van der Waals surface area contributed by atoms with Crippen molar-refractivity contribution < 1.29 is 14.3 Å². The van der Waals surface area contributed by atoms with Crippen molar-refractivity contribution in [1.29, 1.82) is 0 Å². The fraction of sp³-hybridized carbons (Fsp3) is 0.400. The van der Waals surface area contributed by atoms with Crippen molar-refractivity contribution in [3.63, 3.8) is 0 Å². The Morgan fingerprint density at radius 3 is 2.61 bits per heavy atom. The average Bonchev–Trinajstić information content (AvgIpc) is 3.35. The number of nitrogens with one attached hydrogen (secondary N) is 2. The molecule has 0 spiro atoms. The van der Waals surface area contributed by atoms with Gasteiger partial charge in [-0.2, -0.15) is 0 Å². The lowest BCUT2D eigenvalue weighted by Crippen LogP contribution is -2.41. The van der Waals surface area contributed by atoms with Crippen LogP contribution in [-0.4, -0.2) is 48.0 Å². The molecule has 2 N–H and O–H groups in total. The molecule has 150 valence electrons. The highest BCUT2D eigenvalue weighted by atomic mass is 35.5. The standard InChI is InChI=1S/C20H25ClN4O3/c1-24-9-5-6-16(24)17(25-10-3-4-11-25)13-22-19(26)20(27)23-15-12-14(21)7-8-18(15)28-2/h5-9,12,17H,3-4,10-11,13H2,1-2H3,(H,22,26)(H,23,27)/t17-/m0/s1. The van der Waals surface area contributed by atoms with Crippen LogP contribution in [0.2, 0.25) is 5.02 Å². The van der Waals surface area contributed by atoms with Gasteiger partial charge >= 0.3 is 11.8 Å². The van der Waals surface area contributed by atoms with E-state index in [0.717, 1.165) is 31.6 Å². The number of carbonyl (C=O) groups is 2. The van der Waals surface area contributed by atoms with E-state index in [1.807, 2.05) is 29.9 Å². The van der Waals surface area contributed by atoms with Gasteiger partial charge in [0.05, 0.1) is 18.8 Å². The molecule has 1 aromatic carbocycles. The van der Waals surface area contributed by atoms with E-state index in [9.17, 15) is 9.59 Å². The smallest absolute Gasteiger partial charge is 0.313 e. The van der Waals surface area contributed by atoms with Gasteiger partial charge in [0.25, 0.3) is 0 Å². The molecule has 1 aliphatic rings. The fourth-order valence-electron chi connectivity index (χ4n) is 3.52. The molecule has 1 aliphatic heterocycles. The number of rotatable bonds is 6. The first-order valence-electron chi connectivity index (χ1n) is 9.27. The monoisotopic (exact) mass is 404 g/mol. The lowest BCUT2D eigenvalue weighted by molar-refractivity contribution is -0.136. The third kappa shape index (κ3) is 4.66. The number of ether oxygens (including phenoxy) is 1. The van der Waals surface area contributed by atoms with Crippen LogP contribution in [0.3, 0.4) is 0 Å². The number of benzene rings is 1. The largest absolute Gasteiger partial charge is 0.495 e. The number of nitrogens with zero attached hydrogens (tertiary/aromatic N) is 2. The Balaban J connectivity index is 1.65. The maximum Gasteiger partial charge on any atom is 0.313 e. The van der Waals surface area contributed by atoms with Crippen molar-refractivity contribution in [2.24, 2.45) is 7.05 Å². The molecule has 0 aliphatic carbocycles. The maximum absolute atomic E-state index is 12.4. The molecule has 3 rings (SSSR count). The van der Waals surface area contributed by atoms with Gasteiger partial charge in [-0.15, -0.1) is 0 Å². The van der Waals surface area contributed by atoms with Gasteiger partial charge in [-0.3, -0.25) is 14.5 Å². The topological polar surface area (TPSA) is 75.6 Å². The van der Waals surface area contributed by atoms with E-state index in [-0.39, 0.29) is 6.04 Å². The van der Waals surface area contributed by atoms with Crippen LogP contribution in [0.4, 0.5) is 5.69 Å². The number of hydrogen-bond acceptors (Lipinski definition) is 4. The Kier molecular flexibility index (Phi) is 6.59. The van der Waals surface area contributed by atoms with Crippen LogP contribution in [0.1, 0.15) is 24.6 Å². The molecular weight excluding hydrogens is 380 g/mol. The molecule has 8 heteroatoms. The zero-order valence-corrected chi connectivity index (χ0v) is 16.8. The van der Waals surface area contributed by atoms with E-state index in [0.29, 0.717) is 23.0 Å². The third-order valence-corrected chi connectivity index (χ3v) is 5.21. The number of methoxy groups -OCH3 is 1. The molecule has 0 saturated carbocycles. The second-order valence-electron chi connectivity index (χ2n) is 6.81. The van der Waals surface area contributed by atoms with Crippen molar-refractivity contribution >= 4 is 29.1 Å². The molecule has 1 saturated heterocycles. The third-order valence-electron chi connectivity index (χ3n) is 4.98. The summed E-state index contributed by atoms with van der Waals surface area (Å²) in [4.78, 5) is 27.1. The number of likely N-dealkylation sites (tertiary alicyclic amines) is 1. The van der Waals surface area contributed by atoms with E-state index < -0.39 is 11.8 Å². The SMILES string of the molecule is COc1ccc(Cl)cc1NC(=O)C(=O)NC[C@@H](c1cccn1C)N1CCCC1. The number of halogens is 1. The van der Waals surface area contributed by atoms with Crippen LogP contribution in [0.25, 0.3) is 0 Å². The zero-order valence-electron chi connectivity index (χ0n) is 16.1. The number of aryl methyl sites for hydroxylation is 1. The van der Waals surface area contributed by atoms with E-state index in [2.05, 4.69) is 15.5 Å². The highest BCUT2D eigenvalue weighted by Crippen LogP contribution is 2.28. The highest BCUT2D eigenvalue weighted by molar-refractivity contribution is 6.40. The van der Waals surface area contributed by atoms with Gasteiger partial charge in [0.2, 0.25) is 0 Å². The van der Waals surface area contributed by atoms with Crippen LogP contribution in [0, 0.1) is 0 Å². The van der Waals surface area contributed by atoms with Crippen molar-refractivity contribution in [3.05, 3.63) is 47.2 Å². The molecule has 7 nitrogen and oxygen atoms in total. The molecule has 2 heterocycles. The molecule has 1 atom stereocenters. The molecule has 0 bridgehead atoms. The first-order valence-corrected chi connectivity index (χ1v) is 9.65. The van der Waals surface area contributed by atoms with Gasteiger partial charge < -0.3 is 19.9 Å². The molecule has 0 unspecified atom stereocenters. The Bertz CT molecular complexity index is 846. The van der Waals surface area contributed by atoms with Gasteiger partial charge in [0, 0.05) is 30.5 Å². The predicted octanol–water partition coefficient (Wildman–Crippen LogP) is 2.58. The van der Waals surface area contributed by atoms with Gasteiger partial charge in [-0.05, 0) is 56.3 Å². The summed E-state index contributed by atoms with van der Waals surface area (Å²) >= 11 is 5.97. The molecule has 28 heavy (non-hydrogen) atoms. The summed E-state index contributed by atoms with van der Waals surface area (Å²) in [5.74, 6) is -1.02. The van der Waals surface area contributed by atoms with Crippen molar-refractivity contribution in [1.82, 2.24) is 14.8 Å². The van der Waals surface area contributed by atoms with Crippen LogP contribution in [0.5, 0.6) is 5.75 Å². The summed E-state index contributed by atoms with van der Waals surface area (Å²) in [5.41, 5.74) is 1.47. The normalized spacial score (nSPS) is 15.2. The van der Waals surface area contributed by atoms with Crippen LogP contribution < -0.4 is 15.4 Å². The van der Waals surface area contributed by atoms with Crippen LogP contribution >= 0.6 is 11.6 Å². The first kappa shape index (κ1) is 20.2. The quantitative estimate of drug-likeness (QED) is 0.725. The number of carbonyl (C=O) groups excluding carboxylic acids is 2. The first-order chi connectivity index (χ1) is 13.5. The highest BCUT2D eigenvalue weighted by Gasteiger charge is 2.26. The minimum atomic E-state index is -0.757. The summed E-state index contributed by atoms with van der Waals surface area (Å²) in [5, 5.41) is 5.77. The van der Waals surface area contributed by atoms with Crippen LogP contribution in [0.15, 0.2) is 36.5 Å². The van der Waals surface area contributed by atoms with E-state index >= 15 is 0 Å². The number of hydrogen-bond donors (Lipinski definition) is 2. The number of anilines is 1. The molecule has 1 fully saturated rings. The lowest BCUT2D eigenvalue weighted by Gasteiger charge is -2.28. The van der Waals surface area contributed by atoms with Gasteiger partial charge in [-0.1, -0.05) is 11.6 Å². The van der Waals surface area contributed by atoms with E-state index in [1.165, 1.54) is 7.11 Å². The van der Waals surface area contributed by atoms with E-state index in [1.54, 1.807) is 18.2 Å². The van der Waals surface area contributed by atoms with Crippen LogP contribution in [-0.2, 0) is 16.6 Å². The minimum Gasteiger partial charge on any atom is -0.495 e. The second kappa shape index (κ2) is 9.12. The maximum atomic E-state index is 12.4. The Morgan fingerprint density at radius 1 is 1.21 bits per heavy atom. The molecule has 2 aromatic rings. The zero-order chi connectivity index (χ0) is 20.1. The predicted molar refractivity (Wildman–Crippen MR) is 109 cm³/mol. The fourth-order valence-corrected chi connectivity index (χ4v) is 3.69. The van der Waals surface area contributed by atoms with Crippen molar-refractivity contribution in [3.8, 4) is 5.75 Å². The lowest BCUT2D eigenvalue weighted by atomic mass is 10.1. The summed E-state index contributed by atoms with van der Waals surface area (Å²) < 4.78 is 7.24. The molecule has 2 amide bonds. The van der Waals surface area contributed by atoms with Gasteiger partial charge in [-0.25, -0.2) is 0 Å². The van der Waals surface area contributed by atoms with Gasteiger partial charge in [0.1, 0.15) is 5.75 Å². The number of aromatic nitrogens is 1. The Hall–Kier alpha value is -2.51. The van der Waals surface area contributed by atoms with E-state index in [4.69, 9.17) is 16.3 Å². The molecule has 1 aromatic heterocycles. The van der Waals surface area contributed by atoms with Crippen molar-refractivity contribution in [2.75, 3.05) is 32.1 Å². The Labute approximate surface area is 169 Å². The summed E-state index contributed by atoms with van der Waals surface area (Å²) in [7, 11) is 3.47. The number of amides is 2. The van der Waals surface area contributed by atoms with Gasteiger partial charge in [0.15, 0.2) is 0 Å². The average molecular weight is 405 g/mol. The second-order valence-corrected chi connectivity index (χ2v) is 7.25. The summed E-state index contributed by atoms with van der Waals surface area (Å²) in [6.45, 7) is 2.33. The van der Waals surface area contributed by atoms with Crippen molar-refractivity contribution in [2.45, 2.75) is 18.9 Å².